The Morgan fingerprint density at radius 3 is 2.31 bits per heavy atom. The Bertz CT molecular complexity index is 425. The van der Waals surface area contributed by atoms with Gasteiger partial charge < -0.3 is 9.47 Å². The monoisotopic (exact) mass is 224 g/mol. The molecule has 2 saturated heterocycles. The number of esters is 4. The number of fused-ring (bicyclic) bond motifs is 5. The SMILES string of the molecule is O=C1C[C@@H]2[C@@H](C(=O)O1)[C@@H]1C[C@@H]2C(=O)OC1=O. The van der Waals surface area contributed by atoms with Gasteiger partial charge in [-0.15, -0.1) is 0 Å². The van der Waals surface area contributed by atoms with E-state index in [0.29, 0.717) is 6.42 Å². The highest BCUT2D eigenvalue weighted by molar-refractivity contribution is 5.99. The second kappa shape index (κ2) is 2.90. The van der Waals surface area contributed by atoms with Crippen LogP contribution < -0.4 is 0 Å². The van der Waals surface area contributed by atoms with Crippen molar-refractivity contribution < 1.29 is 28.7 Å². The van der Waals surface area contributed by atoms with Crippen LogP contribution in [-0.4, -0.2) is 23.9 Å². The van der Waals surface area contributed by atoms with Crippen molar-refractivity contribution in [1.82, 2.24) is 0 Å². The van der Waals surface area contributed by atoms with Crippen molar-refractivity contribution in [2.45, 2.75) is 12.8 Å². The third kappa shape index (κ3) is 1.07. The molecule has 0 radical (unpaired) electrons. The number of hydrogen-bond donors (Lipinski definition) is 0. The fourth-order valence-electron chi connectivity index (χ4n) is 2.93. The minimum atomic E-state index is -0.694. The molecule has 0 unspecified atom stereocenters. The lowest BCUT2D eigenvalue weighted by atomic mass is 9.83. The molecule has 3 fully saturated rings. The summed E-state index contributed by atoms with van der Waals surface area (Å²) in [6, 6.07) is 0. The molecule has 16 heavy (non-hydrogen) atoms. The molecule has 0 aromatic heterocycles. The predicted molar refractivity (Wildman–Crippen MR) is 45.4 cm³/mol. The third-order valence-corrected chi connectivity index (χ3v) is 3.62. The van der Waals surface area contributed by atoms with E-state index in [-0.39, 0.29) is 6.42 Å². The Morgan fingerprint density at radius 2 is 1.56 bits per heavy atom. The van der Waals surface area contributed by atoms with Gasteiger partial charge in [0, 0.05) is 0 Å². The van der Waals surface area contributed by atoms with Crippen LogP contribution in [0.4, 0.5) is 0 Å². The fraction of sp³-hybridized carbons (Fsp3) is 0.600. The van der Waals surface area contributed by atoms with Crippen LogP contribution >= 0.6 is 0 Å². The number of hydrogen-bond acceptors (Lipinski definition) is 6. The average Bonchev–Trinajstić information content (AvgIpc) is 2.52. The Morgan fingerprint density at radius 1 is 0.875 bits per heavy atom. The first-order chi connectivity index (χ1) is 7.58. The van der Waals surface area contributed by atoms with E-state index in [2.05, 4.69) is 9.47 Å². The van der Waals surface area contributed by atoms with Gasteiger partial charge in [0.2, 0.25) is 0 Å². The highest BCUT2D eigenvalue weighted by Gasteiger charge is 2.60. The zero-order valence-electron chi connectivity index (χ0n) is 8.17. The lowest BCUT2D eigenvalue weighted by molar-refractivity contribution is -0.174. The summed E-state index contributed by atoms with van der Waals surface area (Å²) in [4.78, 5) is 45.5. The van der Waals surface area contributed by atoms with Crippen LogP contribution in [0, 0.1) is 23.7 Å². The summed E-state index contributed by atoms with van der Waals surface area (Å²) in [6.45, 7) is 0. The van der Waals surface area contributed by atoms with Crippen molar-refractivity contribution in [3.8, 4) is 0 Å². The van der Waals surface area contributed by atoms with Gasteiger partial charge in [-0.3, -0.25) is 19.2 Å². The molecule has 4 atom stereocenters. The smallest absolute Gasteiger partial charge is 0.317 e. The van der Waals surface area contributed by atoms with Gasteiger partial charge in [0.15, 0.2) is 0 Å². The Hall–Kier alpha value is -1.72. The molecule has 0 aromatic rings. The molecule has 2 bridgehead atoms. The molecular weight excluding hydrogens is 216 g/mol. The maximum atomic E-state index is 11.5. The summed E-state index contributed by atoms with van der Waals surface area (Å²) < 4.78 is 9.05. The minimum Gasteiger partial charge on any atom is -0.393 e. The molecule has 1 saturated carbocycles. The molecule has 0 amide bonds. The number of cyclic esters (lactones) is 4. The molecule has 2 heterocycles. The zero-order chi connectivity index (χ0) is 11.4. The van der Waals surface area contributed by atoms with Gasteiger partial charge in [0.1, 0.15) is 0 Å². The molecule has 1 aliphatic carbocycles. The predicted octanol–water partition coefficient (Wildman–Crippen LogP) is -0.588. The number of carbonyl (C=O) groups is 4. The molecule has 2 aliphatic heterocycles. The van der Waals surface area contributed by atoms with Gasteiger partial charge in [-0.25, -0.2) is 0 Å². The van der Waals surface area contributed by atoms with E-state index in [1.807, 2.05) is 0 Å². The molecule has 6 heteroatoms. The first-order valence-electron chi connectivity index (χ1n) is 5.08. The van der Waals surface area contributed by atoms with Crippen LogP contribution in [0.3, 0.4) is 0 Å². The van der Waals surface area contributed by atoms with Crippen LogP contribution in [0.25, 0.3) is 0 Å². The van der Waals surface area contributed by atoms with E-state index >= 15 is 0 Å². The van der Waals surface area contributed by atoms with Gasteiger partial charge in [-0.1, -0.05) is 0 Å². The van der Waals surface area contributed by atoms with E-state index in [9.17, 15) is 19.2 Å². The largest absolute Gasteiger partial charge is 0.393 e. The van der Waals surface area contributed by atoms with Crippen LogP contribution in [0.5, 0.6) is 0 Å². The van der Waals surface area contributed by atoms with Crippen LogP contribution in [0.15, 0.2) is 0 Å². The van der Waals surface area contributed by atoms with E-state index in [1.165, 1.54) is 0 Å². The van der Waals surface area contributed by atoms with Crippen molar-refractivity contribution in [2.24, 2.45) is 23.7 Å². The first-order valence-corrected chi connectivity index (χ1v) is 5.08. The summed E-state index contributed by atoms with van der Waals surface area (Å²) >= 11 is 0. The van der Waals surface area contributed by atoms with Crippen LogP contribution in [0.2, 0.25) is 0 Å². The molecule has 0 spiro atoms. The van der Waals surface area contributed by atoms with Crippen LogP contribution in [-0.2, 0) is 28.7 Å². The lowest BCUT2D eigenvalue weighted by Gasteiger charge is -2.24. The van der Waals surface area contributed by atoms with Crippen LogP contribution in [0.1, 0.15) is 12.8 Å². The summed E-state index contributed by atoms with van der Waals surface area (Å²) in [6.07, 6.45) is 0.315. The van der Waals surface area contributed by atoms with Gasteiger partial charge in [-0.05, 0) is 12.3 Å². The maximum absolute atomic E-state index is 11.5. The van der Waals surface area contributed by atoms with Crippen molar-refractivity contribution in [3.63, 3.8) is 0 Å². The Kier molecular flexibility index (Phi) is 1.72. The summed E-state index contributed by atoms with van der Waals surface area (Å²) in [7, 11) is 0. The first kappa shape index (κ1) is 9.50. The van der Waals surface area contributed by atoms with E-state index in [4.69, 9.17) is 0 Å². The fourth-order valence-corrected chi connectivity index (χ4v) is 2.93. The zero-order valence-corrected chi connectivity index (χ0v) is 8.17. The second-order valence-electron chi connectivity index (χ2n) is 4.38. The van der Waals surface area contributed by atoms with E-state index < -0.39 is 47.5 Å². The van der Waals surface area contributed by atoms with Crippen molar-refractivity contribution >= 4 is 23.9 Å². The van der Waals surface area contributed by atoms with E-state index in [1.54, 1.807) is 0 Å². The maximum Gasteiger partial charge on any atom is 0.317 e. The highest BCUT2D eigenvalue weighted by Crippen LogP contribution is 2.49. The lowest BCUT2D eigenvalue weighted by Crippen LogP contribution is -2.37. The third-order valence-electron chi connectivity index (χ3n) is 3.62. The highest BCUT2D eigenvalue weighted by atomic mass is 16.6. The summed E-state index contributed by atoms with van der Waals surface area (Å²) in [5.74, 6) is -4.83. The Balaban J connectivity index is 2.02. The van der Waals surface area contributed by atoms with Crippen molar-refractivity contribution in [1.29, 1.82) is 0 Å². The number of carbonyl (C=O) groups excluding carboxylic acids is 4. The molecule has 0 aromatic carbocycles. The summed E-state index contributed by atoms with van der Waals surface area (Å²) in [5.41, 5.74) is 0. The number of rotatable bonds is 0. The van der Waals surface area contributed by atoms with Crippen molar-refractivity contribution in [2.75, 3.05) is 0 Å². The van der Waals surface area contributed by atoms with Gasteiger partial charge in [0.25, 0.3) is 0 Å². The van der Waals surface area contributed by atoms with E-state index in [0.717, 1.165) is 0 Å². The van der Waals surface area contributed by atoms with Gasteiger partial charge >= 0.3 is 23.9 Å². The molecule has 3 rings (SSSR count). The normalized spacial score (nSPS) is 41.5. The van der Waals surface area contributed by atoms with Gasteiger partial charge in [-0.2, -0.15) is 0 Å². The topological polar surface area (TPSA) is 86.7 Å². The average molecular weight is 224 g/mol. The molecule has 3 aliphatic rings. The standard InChI is InChI=1S/C10H8O6/c11-6-2-3-4-1-5(7(3)10(14)15-6)9(13)16-8(4)12/h3-5,7H,1-2H2/t3-,4-,5-,7+/m0/s1. The second-order valence-corrected chi connectivity index (χ2v) is 4.38. The Labute approximate surface area is 89.9 Å². The molecule has 6 nitrogen and oxygen atoms in total. The molecular formula is C10H8O6. The summed E-state index contributed by atoms with van der Waals surface area (Å²) in [5, 5.41) is 0. The minimum absolute atomic E-state index is 0.0138. The van der Waals surface area contributed by atoms with Crippen molar-refractivity contribution in [3.05, 3.63) is 0 Å². The molecule has 0 N–H and O–H groups in total. The number of ether oxygens (including phenoxy) is 2. The quantitative estimate of drug-likeness (QED) is 0.404. The molecule has 84 valence electrons. The van der Waals surface area contributed by atoms with Gasteiger partial charge in [0.05, 0.1) is 24.2 Å².